The first-order valence-corrected chi connectivity index (χ1v) is 5.36. The van der Waals surface area contributed by atoms with Gasteiger partial charge in [0.05, 0.1) is 5.88 Å². The molecule has 0 fully saturated rings. The summed E-state index contributed by atoms with van der Waals surface area (Å²) in [6, 6.07) is 0.777. The van der Waals surface area contributed by atoms with E-state index in [1.807, 2.05) is 0 Å². The van der Waals surface area contributed by atoms with Gasteiger partial charge in [0, 0.05) is 5.56 Å². The Morgan fingerprint density at radius 3 is 2.41 bits per heavy atom. The molecule has 1 rings (SSSR count). The van der Waals surface area contributed by atoms with E-state index in [0.717, 1.165) is 6.07 Å². The minimum Gasteiger partial charge on any atom is -0.404 e. The third kappa shape index (κ3) is 3.95. The second-order valence-corrected chi connectivity index (χ2v) is 3.82. The Bertz CT molecular complexity index is 412. The monoisotopic (exact) mass is 339 g/mol. The smallest absolute Gasteiger partial charge is 0.404 e. The Kier molecular flexibility index (Phi) is 4.54. The molecule has 0 aliphatic heterocycles. The molecular formula is C8H4BrClF5NO. The SMILES string of the molecule is FC(F)c1nc(Br)c(CCl)cc1OC(F)(F)F. The number of hydrogen-bond donors (Lipinski definition) is 0. The van der Waals surface area contributed by atoms with E-state index in [9.17, 15) is 22.0 Å². The highest BCUT2D eigenvalue weighted by molar-refractivity contribution is 9.10. The number of pyridine rings is 1. The number of aromatic nitrogens is 1. The van der Waals surface area contributed by atoms with Crippen LogP contribution in [0.3, 0.4) is 0 Å². The van der Waals surface area contributed by atoms with Gasteiger partial charge in [-0.05, 0) is 22.0 Å². The molecule has 0 aliphatic rings. The summed E-state index contributed by atoms with van der Waals surface area (Å²) in [5.74, 6) is -1.24. The molecule has 0 N–H and O–H groups in total. The summed E-state index contributed by atoms with van der Waals surface area (Å²) in [7, 11) is 0. The number of alkyl halides is 6. The molecule has 0 saturated heterocycles. The van der Waals surface area contributed by atoms with Gasteiger partial charge in [0.15, 0.2) is 5.75 Å². The lowest BCUT2D eigenvalue weighted by Gasteiger charge is -2.14. The van der Waals surface area contributed by atoms with Crippen LogP contribution in [-0.2, 0) is 5.88 Å². The normalized spacial score (nSPS) is 12.0. The number of nitrogens with zero attached hydrogens (tertiary/aromatic N) is 1. The van der Waals surface area contributed by atoms with Crippen molar-refractivity contribution in [1.29, 1.82) is 0 Å². The maximum absolute atomic E-state index is 12.5. The standard InChI is InChI=1S/C8H4BrClF5NO/c9-6-3(2-10)1-4(17-8(13,14)15)5(16-6)7(11)12/h1,7H,2H2. The van der Waals surface area contributed by atoms with Crippen molar-refractivity contribution in [2.24, 2.45) is 0 Å². The van der Waals surface area contributed by atoms with Crippen LogP contribution in [0.5, 0.6) is 5.75 Å². The minimum absolute atomic E-state index is 0.0441. The Morgan fingerprint density at radius 2 is 2.00 bits per heavy atom. The second-order valence-electron chi connectivity index (χ2n) is 2.80. The van der Waals surface area contributed by atoms with E-state index < -0.39 is 24.2 Å². The van der Waals surface area contributed by atoms with Crippen LogP contribution in [0.1, 0.15) is 17.7 Å². The zero-order chi connectivity index (χ0) is 13.2. The highest BCUT2D eigenvalue weighted by Crippen LogP contribution is 2.34. The van der Waals surface area contributed by atoms with Crippen LogP contribution >= 0.6 is 27.5 Å². The highest BCUT2D eigenvalue weighted by atomic mass is 79.9. The summed E-state index contributed by atoms with van der Waals surface area (Å²) in [6.07, 6.45) is -8.25. The molecule has 0 amide bonds. The summed E-state index contributed by atoms with van der Waals surface area (Å²) in [5.41, 5.74) is -0.974. The summed E-state index contributed by atoms with van der Waals surface area (Å²) in [5, 5.41) is 0. The Labute approximate surface area is 106 Å². The van der Waals surface area contributed by atoms with Crippen molar-refractivity contribution in [3.8, 4) is 5.75 Å². The van der Waals surface area contributed by atoms with E-state index in [4.69, 9.17) is 11.6 Å². The molecule has 17 heavy (non-hydrogen) atoms. The maximum atomic E-state index is 12.5. The van der Waals surface area contributed by atoms with Crippen LogP contribution in [0.2, 0.25) is 0 Å². The molecule has 0 aromatic carbocycles. The van der Waals surface area contributed by atoms with Crippen molar-refractivity contribution in [1.82, 2.24) is 4.98 Å². The van der Waals surface area contributed by atoms with Crippen LogP contribution in [0.4, 0.5) is 22.0 Å². The van der Waals surface area contributed by atoms with Crippen molar-refractivity contribution in [2.45, 2.75) is 18.7 Å². The summed E-state index contributed by atoms with van der Waals surface area (Å²) >= 11 is 8.24. The molecule has 0 radical (unpaired) electrons. The molecular weight excluding hydrogens is 336 g/mol. The van der Waals surface area contributed by atoms with Crippen LogP contribution in [0.25, 0.3) is 0 Å². The second kappa shape index (κ2) is 5.34. The van der Waals surface area contributed by atoms with Crippen LogP contribution in [-0.4, -0.2) is 11.3 Å². The molecule has 0 unspecified atom stereocenters. The fraction of sp³-hybridized carbons (Fsp3) is 0.375. The predicted molar refractivity (Wildman–Crippen MR) is 53.1 cm³/mol. The quantitative estimate of drug-likeness (QED) is 0.462. The maximum Gasteiger partial charge on any atom is 0.573 e. The van der Waals surface area contributed by atoms with Gasteiger partial charge < -0.3 is 4.74 Å². The molecule has 1 heterocycles. The Hall–Kier alpha value is -0.630. The molecule has 9 heteroatoms. The molecule has 2 nitrogen and oxygen atoms in total. The summed E-state index contributed by atoms with van der Waals surface area (Å²) in [4.78, 5) is 3.28. The lowest BCUT2D eigenvalue weighted by molar-refractivity contribution is -0.275. The van der Waals surface area contributed by atoms with Gasteiger partial charge in [-0.1, -0.05) is 0 Å². The van der Waals surface area contributed by atoms with E-state index in [2.05, 4.69) is 25.7 Å². The van der Waals surface area contributed by atoms with Gasteiger partial charge in [0.2, 0.25) is 0 Å². The van der Waals surface area contributed by atoms with Gasteiger partial charge in [0.1, 0.15) is 10.3 Å². The van der Waals surface area contributed by atoms with Gasteiger partial charge >= 0.3 is 6.36 Å². The molecule has 0 saturated carbocycles. The number of halogens is 7. The molecule has 0 atom stereocenters. The lowest BCUT2D eigenvalue weighted by atomic mass is 10.2. The van der Waals surface area contributed by atoms with Crippen LogP contribution in [0.15, 0.2) is 10.7 Å². The Morgan fingerprint density at radius 1 is 1.41 bits per heavy atom. The van der Waals surface area contributed by atoms with Crippen molar-refractivity contribution in [2.75, 3.05) is 0 Å². The lowest BCUT2D eigenvalue weighted by Crippen LogP contribution is -2.19. The third-order valence-electron chi connectivity index (χ3n) is 1.62. The van der Waals surface area contributed by atoms with E-state index in [-0.39, 0.29) is 16.0 Å². The fourth-order valence-corrected chi connectivity index (χ4v) is 1.79. The van der Waals surface area contributed by atoms with Gasteiger partial charge in [-0.3, -0.25) is 0 Å². The van der Waals surface area contributed by atoms with Gasteiger partial charge in [-0.15, -0.1) is 24.8 Å². The molecule has 96 valence electrons. The summed E-state index contributed by atoms with van der Waals surface area (Å²) in [6.45, 7) is 0. The van der Waals surface area contributed by atoms with Gasteiger partial charge in [-0.25, -0.2) is 13.8 Å². The van der Waals surface area contributed by atoms with Crippen molar-refractivity contribution < 1.29 is 26.7 Å². The average molecular weight is 340 g/mol. The molecule has 0 bridgehead atoms. The Balaban J connectivity index is 3.24. The minimum atomic E-state index is -5.07. The first-order valence-electron chi connectivity index (χ1n) is 4.03. The molecule has 0 spiro atoms. The van der Waals surface area contributed by atoms with E-state index >= 15 is 0 Å². The number of hydrogen-bond acceptors (Lipinski definition) is 2. The summed E-state index contributed by atoms with van der Waals surface area (Å²) < 4.78 is 64.3. The average Bonchev–Trinajstić information content (AvgIpc) is 2.17. The predicted octanol–water partition coefficient (Wildman–Crippen LogP) is 4.42. The highest BCUT2D eigenvalue weighted by Gasteiger charge is 2.34. The third-order valence-corrected chi connectivity index (χ3v) is 2.59. The van der Waals surface area contributed by atoms with Crippen LogP contribution < -0.4 is 4.74 Å². The van der Waals surface area contributed by atoms with Crippen molar-refractivity contribution in [3.63, 3.8) is 0 Å². The number of ether oxygens (including phenoxy) is 1. The first-order chi connectivity index (χ1) is 7.74. The van der Waals surface area contributed by atoms with E-state index in [1.165, 1.54) is 0 Å². The van der Waals surface area contributed by atoms with Crippen molar-refractivity contribution in [3.05, 3.63) is 21.9 Å². The largest absolute Gasteiger partial charge is 0.573 e. The zero-order valence-corrected chi connectivity index (χ0v) is 10.2. The van der Waals surface area contributed by atoms with E-state index in [1.54, 1.807) is 0 Å². The zero-order valence-electron chi connectivity index (χ0n) is 7.86. The molecule has 1 aromatic heterocycles. The first kappa shape index (κ1) is 14.4. The number of rotatable bonds is 3. The van der Waals surface area contributed by atoms with Gasteiger partial charge in [-0.2, -0.15) is 0 Å². The topological polar surface area (TPSA) is 22.1 Å². The molecule has 1 aromatic rings. The molecule has 0 aliphatic carbocycles. The van der Waals surface area contributed by atoms with Gasteiger partial charge in [0.25, 0.3) is 6.43 Å². The van der Waals surface area contributed by atoms with Crippen molar-refractivity contribution >= 4 is 27.5 Å². The fourth-order valence-electron chi connectivity index (χ4n) is 0.981. The van der Waals surface area contributed by atoms with E-state index in [0.29, 0.717) is 0 Å². The van der Waals surface area contributed by atoms with Crippen LogP contribution in [0, 0.1) is 0 Å².